The van der Waals surface area contributed by atoms with E-state index in [0.29, 0.717) is 13.0 Å². The van der Waals surface area contributed by atoms with Crippen molar-refractivity contribution in [3.05, 3.63) is 0 Å². The Morgan fingerprint density at radius 3 is 0.875 bits per heavy atom. The second kappa shape index (κ2) is 28.5. The smallest absolute Gasteiger partial charge is 0.305 e. The third-order valence-corrected chi connectivity index (χ3v) is 6.77. The number of ether oxygens (including phenoxy) is 1. The molecule has 0 rings (SSSR count). The zero-order chi connectivity index (χ0) is 23.4. The van der Waals surface area contributed by atoms with Crippen molar-refractivity contribution in [1.29, 1.82) is 0 Å². The largest absolute Gasteiger partial charge is 0.469 e. The molecule has 192 valence electrons. The van der Waals surface area contributed by atoms with Gasteiger partial charge in [0.05, 0.1) is 7.11 Å². The number of esters is 1. The average molecular weight is 455 g/mol. The van der Waals surface area contributed by atoms with E-state index in [4.69, 9.17) is 5.11 Å². The molecular formula is C29H58O3. The van der Waals surface area contributed by atoms with E-state index in [1.54, 1.807) is 0 Å². The highest BCUT2D eigenvalue weighted by atomic mass is 16.5. The van der Waals surface area contributed by atoms with Crippen molar-refractivity contribution in [3.8, 4) is 0 Å². The van der Waals surface area contributed by atoms with E-state index in [1.165, 1.54) is 155 Å². The van der Waals surface area contributed by atoms with Crippen LogP contribution >= 0.6 is 0 Å². The minimum absolute atomic E-state index is 0.0655. The molecule has 0 unspecified atom stereocenters. The predicted octanol–water partition coefficient (Wildman–Crippen LogP) is 9.29. The molecule has 0 aromatic heterocycles. The fourth-order valence-corrected chi connectivity index (χ4v) is 4.55. The zero-order valence-corrected chi connectivity index (χ0v) is 21.9. The molecule has 0 saturated carbocycles. The third kappa shape index (κ3) is 27.5. The fraction of sp³-hybridized carbons (Fsp3) is 0.966. The number of hydrogen-bond donors (Lipinski definition) is 1. The second-order valence-corrected chi connectivity index (χ2v) is 9.89. The van der Waals surface area contributed by atoms with Gasteiger partial charge in [0.25, 0.3) is 0 Å². The monoisotopic (exact) mass is 454 g/mol. The van der Waals surface area contributed by atoms with Crippen molar-refractivity contribution in [2.75, 3.05) is 13.7 Å². The van der Waals surface area contributed by atoms with Crippen LogP contribution < -0.4 is 0 Å². The van der Waals surface area contributed by atoms with E-state index in [1.807, 2.05) is 0 Å². The molecule has 32 heavy (non-hydrogen) atoms. The molecule has 0 heterocycles. The van der Waals surface area contributed by atoms with Gasteiger partial charge in [0.15, 0.2) is 0 Å². The molecular weight excluding hydrogens is 396 g/mol. The highest BCUT2D eigenvalue weighted by Crippen LogP contribution is 2.16. The molecule has 0 aliphatic heterocycles. The number of methoxy groups -OCH3 is 1. The predicted molar refractivity (Wildman–Crippen MR) is 139 cm³/mol. The maximum absolute atomic E-state index is 11.0. The molecule has 3 nitrogen and oxygen atoms in total. The Hall–Kier alpha value is -0.570. The molecule has 0 aliphatic carbocycles. The minimum Gasteiger partial charge on any atom is -0.469 e. The summed E-state index contributed by atoms with van der Waals surface area (Å²) in [5.74, 6) is -0.0655. The summed E-state index contributed by atoms with van der Waals surface area (Å²) in [5.41, 5.74) is 0. The molecule has 0 saturated heterocycles. The Bertz CT molecular complexity index is 356. The van der Waals surface area contributed by atoms with E-state index in [2.05, 4.69) is 4.74 Å². The Morgan fingerprint density at radius 1 is 0.438 bits per heavy atom. The summed E-state index contributed by atoms with van der Waals surface area (Å²) in [5, 5.41) is 8.76. The van der Waals surface area contributed by atoms with E-state index < -0.39 is 0 Å². The maximum atomic E-state index is 11.0. The van der Waals surface area contributed by atoms with Gasteiger partial charge in [-0.1, -0.05) is 148 Å². The van der Waals surface area contributed by atoms with E-state index >= 15 is 0 Å². The minimum atomic E-state index is -0.0655. The number of carbonyl (C=O) groups is 1. The highest BCUT2D eigenvalue weighted by molar-refractivity contribution is 5.68. The molecule has 0 aliphatic rings. The molecule has 0 spiro atoms. The van der Waals surface area contributed by atoms with Gasteiger partial charge < -0.3 is 9.84 Å². The summed E-state index contributed by atoms with van der Waals surface area (Å²) in [6.07, 6.45) is 34.5. The number of aliphatic hydroxyl groups excluding tert-OH is 1. The van der Waals surface area contributed by atoms with Crippen LogP contribution in [-0.4, -0.2) is 24.8 Å². The van der Waals surface area contributed by atoms with Crippen molar-refractivity contribution in [2.45, 2.75) is 167 Å². The second-order valence-electron chi connectivity index (χ2n) is 9.89. The van der Waals surface area contributed by atoms with Gasteiger partial charge in [0, 0.05) is 13.0 Å². The first kappa shape index (κ1) is 31.4. The lowest BCUT2D eigenvalue weighted by Gasteiger charge is -2.04. The van der Waals surface area contributed by atoms with Gasteiger partial charge in [-0.3, -0.25) is 4.79 Å². The number of carbonyl (C=O) groups excluding carboxylic acids is 1. The van der Waals surface area contributed by atoms with Crippen LogP contribution in [0.25, 0.3) is 0 Å². The van der Waals surface area contributed by atoms with Crippen LogP contribution in [0.1, 0.15) is 167 Å². The van der Waals surface area contributed by atoms with Gasteiger partial charge in [0.2, 0.25) is 0 Å². The van der Waals surface area contributed by atoms with Crippen LogP contribution in [0, 0.1) is 0 Å². The normalized spacial score (nSPS) is 11.2. The highest BCUT2D eigenvalue weighted by Gasteiger charge is 1.99. The molecule has 0 radical (unpaired) electrons. The maximum Gasteiger partial charge on any atom is 0.305 e. The van der Waals surface area contributed by atoms with Crippen molar-refractivity contribution >= 4 is 5.97 Å². The van der Waals surface area contributed by atoms with Gasteiger partial charge >= 0.3 is 5.97 Å². The van der Waals surface area contributed by atoms with Crippen LogP contribution in [0.2, 0.25) is 0 Å². The number of rotatable bonds is 27. The van der Waals surface area contributed by atoms with Crippen molar-refractivity contribution in [2.24, 2.45) is 0 Å². The topological polar surface area (TPSA) is 46.5 Å². The van der Waals surface area contributed by atoms with Crippen molar-refractivity contribution < 1.29 is 14.6 Å². The first-order valence-corrected chi connectivity index (χ1v) is 14.5. The first-order chi connectivity index (χ1) is 15.8. The van der Waals surface area contributed by atoms with Gasteiger partial charge in [-0.2, -0.15) is 0 Å². The molecule has 0 atom stereocenters. The lowest BCUT2D eigenvalue weighted by atomic mass is 10.0. The Morgan fingerprint density at radius 2 is 0.656 bits per heavy atom. The standard InChI is InChI=1S/C29H58O3/c1-32-29(31)27-25-23-21-19-17-15-13-11-9-7-5-3-2-4-6-8-10-12-14-16-18-20-22-24-26-28-30/h30H,2-28H2,1H3. The van der Waals surface area contributed by atoms with Crippen LogP contribution in [0.4, 0.5) is 0 Å². The Kier molecular flexibility index (Phi) is 28.0. The number of hydrogen-bond acceptors (Lipinski definition) is 3. The summed E-state index contributed by atoms with van der Waals surface area (Å²) in [6, 6.07) is 0. The zero-order valence-electron chi connectivity index (χ0n) is 21.9. The number of unbranched alkanes of at least 4 members (excludes halogenated alkanes) is 24. The molecule has 3 heteroatoms. The van der Waals surface area contributed by atoms with E-state index in [-0.39, 0.29) is 5.97 Å². The van der Waals surface area contributed by atoms with Crippen molar-refractivity contribution in [3.63, 3.8) is 0 Å². The molecule has 0 aromatic rings. The first-order valence-electron chi connectivity index (χ1n) is 14.5. The summed E-state index contributed by atoms with van der Waals surface area (Å²) < 4.78 is 4.66. The average Bonchev–Trinajstić information content (AvgIpc) is 2.81. The number of aliphatic hydroxyl groups is 1. The molecule has 1 N–H and O–H groups in total. The summed E-state index contributed by atoms with van der Waals surface area (Å²) in [6.45, 7) is 0.365. The van der Waals surface area contributed by atoms with Gasteiger partial charge in [-0.25, -0.2) is 0 Å². The Labute approximate surface area is 201 Å². The third-order valence-electron chi connectivity index (χ3n) is 6.77. The molecule has 0 aromatic carbocycles. The van der Waals surface area contributed by atoms with Crippen LogP contribution in [0.3, 0.4) is 0 Å². The van der Waals surface area contributed by atoms with Crippen LogP contribution in [0.5, 0.6) is 0 Å². The fourth-order valence-electron chi connectivity index (χ4n) is 4.55. The van der Waals surface area contributed by atoms with Crippen LogP contribution in [0.15, 0.2) is 0 Å². The molecule has 0 fully saturated rings. The van der Waals surface area contributed by atoms with Gasteiger partial charge in [0.1, 0.15) is 0 Å². The molecule has 0 amide bonds. The summed E-state index contributed by atoms with van der Waals surface area (Å²) in [4.78, 5) is 11.0. The van der Waals surface area contributed by atoms with E-state index in [0.717, 1.165) is 12.8 Å². The molecule has 0 bridgehead atoms. The van der Waals surface area contributed by atoms with Crippen molar-refractivity contribution in [1.82, 2.24) is 0 Å². The quantitative estimate of drug-likeness (QED) is 0.0993. The Balaban J connectivity index is 3.02. The lowest BCUT2D eigenvalue weighted by molar-refractivity contribution is -0.140. The van der Waals surface area contributed by atoms with E-state index in [9.17, 15) is 4.79 Å². The summed E-state index contributed by atoms with van der Waals surface area (Å²) >= 11 is 0. The SMILES string of the molecule is COC(=O)CCCCCCCCCCCCCCCCCCCCCCCCCCCO. The van der Waals surface area contributed by atoms with Gasteiger partial charge in [-0.15, -0.1) is 0 Å². The van der Waals surface area contributed by atoms with Crippen LogP contribution in [-0.2, 0) is 9.53 Å². The summed E-state index contributed by atoms with van der Waals surface area (Å²) in [7, 11) is 1.47. The van der Waals surface area contributed by atoms with Gasteiger partial charge in [-0.05, 0) is 12.8 Å². The lowest BCUT2D eigenvalue weighted by Crippen LogP contribution is -1.99.